The lowest BCUT2D eigenvalue weighted by atomic mass is 10.4. The summed E-state index contributed by atoms with van der Waals surface area (Å²) in [6.07, 6.45) is 4.24. The van der Waals surface area contributed by atoms with Gasteiger partial charge in [0.1, 0.15) is 0 Å². The van der Waals surface area contributed by atoms with E-state index in [2.05, 4.69) is 15.3 Å². The molecule has 0 aromatic carbocycles. The molecular weight excluding hydrogens is 154 g/mol. The number of aryl methyl sites for hydroxylation is 1. The summed E-state index contributed by atoms with van der Waals surface area (Å²) in [5.41, 5.74) is 1.04. The molecule has 0 atom stereocenters. The zero-order valence-corrected chi connectivity index (χ0v) is 7.12. The topological polar surface area (TPSA) is 58.0 Å². The summed E-state index contributed by atoms with van der Waals surface area (Å²) in [4.78, 5) is 8.09. The van der Waals surface area contributed by atoms with Gasteiger partial charge in [-0.05, 0) is 18.9 Å². The van der Waals surface area contributed by atoms with E-state index in [4.69, 9.17) is 5.11 Å². The van der Waals surface area contributed by atoms with Crippen LogP contribution < -0.4 is 5.32 Å². The van der Waals surface area contributed by atoms with E-state index in [-0.39, 0.29) is 6.61 Å². The molecule has 0 amide bonds. The van der Waals surface area contributed by atoms with Crippen LogP contribution in [0.25, 0.3) is 0 Å². The lowest BCUT2D eigenvalue weighted by Gasteiger charge is -2.01. The van der Waals surface area contributed by atoms with E-state index >= 15 is 0 Å². The summed E-state index contributed by atoms with van der Waals surface area (Å²) >= 11 is 0. The van der Waals surface area contributed by atoms with Crippen molar-refractivity contribution in [3.8, 4) is 0 Å². The summed E-state index contributed by atoms with van der Waals surface area (Å²) < 4.78 is 0. The fourth-order valence-corrected chi connectivity index (χ4v) is 0.763. The molecule has 0 saturated heterocycles. The normalized spacial score (nSPS) is 9.83. The zero-order valence-electron chi connectivity index (χ0n) is 7.12. The number of rotatable bonds is 4. The van der Waals surface area contributed by atoms with Gasteiger partial charge in [-0.1, -0.05) is 0 Å². The SMILES string of the molecule is Cc1cnc(NCCCO)nc1. The minimum atomic E-state index is 0.193. The lowest BCUT2D eigenvalue weighted by Crippen LogP contribution is -2.06. The Bertz CT molecular complexity index is 222. The highest BCUT2D eigenvalue weighted by molar-refractivity contribution is 5.23. The van der Waals surface area contributed by atoms with E-state index < -0.39 is 0 Å². The smallest absolute Gasteiger partial charge is 0.222 e. The minimum Gasteiger partial charge on any atom is -0.396 e. The second-order valence-electron chi connectivity index (χ2n) is 2.59. The molecule has 1 aromatic heterocycles. The number of nitrogens with one attached hydrogen (secondary N) is 1. The fourth-order valence-electron chi connectivity index (χ4n) is 0.763. The average molecular weight is 167 g/mol. The summed E-state index contributed by atoms with van der Waals surface area (Å²) in [6.45, 7) is 2.84. The number of aliphatic hydroxyl groups excluding tert-OH is 1. The predicted octanol–water partition coefficient (Wildman–Crippen LogP) is 0.579. The molecular formula is C8H13N3O. The molecule has 0 aliphatic rings. The number of aliphatic hydroxyl groups is 1. The molecule has 0 spiro atoms. The van der Waals surface area contributed by atoms with Crippen molar-refractivity contribution in [2.24, 2.45) is 0 Å². The maximum absolute atomic E-state index is 8.51. The van der Waals surface area contributed by atoms with Gasteiger partial charge >= 0.3 is 0 Å². The zero-order chi connectivity index (χ0) is 8.81. The van der Waals surface area contributed by atoms with Gasteiger partial charge in [0.2, 0.25) is 5.95 Å². The van der Waals surface area contributed by atoms with Gasteiger partial charge in [0, 0.05) is 25.5 Å². The Kier molecular flexibility index (Phi) is 3.47. The van der Waals surface area contributed by atoms with Crippen LogP contribution in [0.15, 0.2) is 12.4 Å². The average Bonchev–Trinajstić information content (AvgIpc) is 2.09. The highest BCUT2D eigenvalue weighted by Gasteiger charge is 1.92. The quantitative estimate of drug-likeness (QED) is 0.644. The van der Waals surface area contributed by atoms with E-state index in [1.807, 2.05) is 6.92 Å². The minimum absolute atomic E-state index is 0.193. The maximum Gasteiger partial charge on any atom is 0.222 e. The summed E-state index contributed by atoms with van der Waals surface area (Å²) in [7, 11) is 0. The van der Waals surface area contributed by atoms with Gasteiger partial charge in [-0.25, -0.2) is 9.97 Å². The van der Waals surface area contributed by atoms with Crippen molar-refractivity contribution in [1.29, 1.82) is 0 Å². The highest BCUT2D eigenvalue weighted by atomic mass is 16.3. The molecule has 1 aromatic rings. The standard InChI is InChI=1S/C8H13N3O/c1-7-5-10-8(11-6-7)9-3-2-4-12/h5-6,12H,2-4H2,1H3,(H,9,10,11). The molecule has 0 saturated carbocycles. The van der Waals surface area contributed by atoms with Gasteiger partial charge in [0.25, 0.3) is 0 Å². The Labute approximate surface area is 71.7 Å². The van der Waals surface area contributed by atoms with Gasteiger partial charge in [0.05, 0.1) is 0 Å². The predicted molar refractivity (Wildman–Crippen MR) is 47.0 cm³/mol. The van der Waals surface area contributed by atoms with Crippen LogP contribution in [0, 0.1) is 6.92 Å². The molecule has 0 unspecified atom stereocenters. The molecule has 2 N–H and O–H groups in total. The van der Waals surface area contributed by atoms with Crippen LogP contribution in [0.4, 0.5) is 5.95 Å². The van der Waals surface area contributed by atoms with Gasteiger partial charge in [-0.15, -0.1) is 0 Å². The monoisotopic (exact) mass is 167 g/mol. The van der Waals surface area contributed by atoms with Gasteiger partial charge in [-0.2, -0.15) is 0 Å². The van der Waals surface area contributed by atoms with Crippen LogP contribution in [0.2, 0.25) is 0 Å². The van der Waals surface area contributed by atoms with Crippen molar-refractivity contribution in [2.45, 2.75) is 13.3 Å². The Balaban J connectivity index is 2.37. The second kappa shape index (κ2) is 4.66. The van der Waals surface area contributed by atoms with Crippen LogP contribution in [0.5, 0.6) is 0 Å². The fraction of sp³-hybridized carbons (Fsp3) is 0.500. The van der Waals surface area contributed by atoms with Crippen molar-refractivity contribution in [3.05, 3.63) is 18.0 Å². The maximum atomic E-state index is 8.51. The molecule has 4 heteroatoms. The number of aromatic nitrogens is 2. The first-order valence-corrected chi connectivity index (χ1v) is 3.96. The van der Waals surface area contributed by atoms with Crippen LogP contribution in [-0.2, 0) is 0 Å². The van der Waals surface area contributed by atoms with Gasteiger partial charge in [-0.3, -0.25) is 0 Å². The first kappa shape index (κ1) is 8.93. The van der Waals surface area contributed by atoms with Crippen molar-refractivity contribution in [2.75, 3.05) is 18.5 Å². The molecule has 12 heavy (non-hydrogen) atoms. The van der Waals surface area contributed by atoms with E-state index in [9.17, 15) is 0 Å². The largest absolute Gasteiger partial charge is 0.396 e. The van der Waals surface area contributed by atoms with Crippen molar-refractivity contribution in [3.63, 3.8) is 0 Å². The van der Waals surface area contributed by atoms with E-state index in [0.717, 1.165) is 12.0 Å². The van der Waals surface area contributed by atoms with Crippen molar-refractivity contribution < 1.29 is 5.11 Å². The Morgan fingerprint density at radius 1 is 1.42 bits per heavy atom. The molecule has 66 valence electrons. The Morgan fingerprint density at radius 3 is 2.67 bits per heavy atom. The Morgan fingerprint density at radius 2 is 2.08 bits per heavy atom. The van der Waals surface area contributed by atoms with E-state index in [0.29, 0.717) is 12.5 Å². The second-order valence-corrected chi connectivity index (χ2v) is 2.59. The first-order valence-electron chi connectivity index (χ1n) is 3.96. The van der Waals surface area contributed by atoms with Crippen molar-refractivity contribution >= 4 is 5.95 Å². The number of hydrogen-bond donors (Lipinski definition) is 2. The molecule has 1 rings (SSSR count). The van der Waals surface area contributed by atoms with Crippen molar-refractivity contribution in [1.82, 2.24) is 9.97 Å². The summed E-state index contributed by atoms with van der Waals surface area (Å²) in [5, 5.41) is 11.5. The number of anilines is 1. The van der Waals surface area contributed by atoms with Crippen LogP contribution in [0.3, 0.4) is 0 Å². The third-order valence-corrected chi connectivity index (χ3v) is 1.40. The molecule has 0 aliphatic carbocycles. The molecule has 0 radical (unpaired) electrons. The summed E-state index contributed by atoms with van der Waals surface area (Å²) in [5.74, 6) is 0.619. The van der Waals surface area contributed by atoms with Gasteiger partial charge in [0.15, 0.2) is 0 Å². The molecule has 0 fully saturated rings. The number of hydrogen-bond acceptors (Lipinski definition) is 4. The molecule has 4 nitrogen and oxygen atoms in total. The first-order chi connectivity index (χ1) is 5.83. The third kappa shape index (κ3) is 2.84. The molecule has 0 bridgehead atoms. The highest BCUT2D eigenvalue weighted by Crippen LogP contribution is 1.97. The van der Waals surface area contributed by atoms with Gasteiger partial charge < -0.3 is 10.4 Å². The Hall–Kier alpha value is -1.16. The summed E-state index contributed by atoms with van der Waals surface area (Å²) in [6, 6.07) is 0. The van der Waals surface area contributed by atoms with E-state index in [1.165, 1.54) is 0 Å². The van der Waals surface area contributed by atoms with Crippen LogP contribution in [0.1, 0.15) is 12.0 Å². The third-order valence-electron chi connectivity index (χ3n) is 1.40. The van der Waals surface area contributed by atoms with Crippen LogP contribution >= 0.6 is 0 Å². The number of nitrogens with zero attached hydrogens (tertiary/aromatic N) is 2. The molecule has 1 heterocycles. The van der Waals surface area contributed by atoms with E-state index in [1.54, 1.807) is 12.4 Å². The molecule has 0 aliphatic heterocycles. The van der Waals surface area contributed by atoms with Crippen LogP contribution in [-0.4, -0.2) is 28.2 Å². The lowest BCUT2D eigenvalue weighted by molar-refractivity contribution is 0.292.